The second kappa shape index (κ2) is 3.77. The van der Waals surface area contributed by atoms with Gasteiger partial charge >= 0.3 is 0 Å². The monoisotopic (exact) mass is 139 g/mol. The molecule has 1 atom stereocenters. The molecule has 0 aliphatic carbocycles. The number of likely N-dealkylation sites (tertiary alicyclic amines) is 1. The van der Waals surface area contributed by atoms with Gasteiger partial charge in [0.05, 0.1) is 0 Å². The molecular weight excluding hydrogens is 122 g/mol. The first-order chi connectivity index (χ1) is 4.84. The summed E-state index contributed by atoms with van der Waals surface area (Å²) in [4.78, 5) is 2.53. The number of allylic oxidation sites excluding steroid dienone is 1. The lowest BCUT2D eigenvalue weighted by Crippen LogP contribution is -2.27. The summed E-state index contributed by atoms with van der Waals surface area (Å²) < 4.78 is 0. The molecular formula is C9H17N. The molecule has 0 N–H and O–H groups in total. The third-order valence-corrected chi connectivity index (χ3v) is 2.19. The van der Waals surface area contributed by atoms with Crippen LogP contribution in [0.1, 0.15) is 26.7 Å². The zero-order valence-electron chi connectivity index (χ0n) is 7.01. The lowest BCUT2D eigenvalue weighted by Gasteiger charge is -2.19. The largest absolute Gasteiger partial charge is 0.297 e. The van der Waals surface area contributed by atoms with E-state index >= 15 is 0 Å². The van der Waals surface area contributed by atoms with Crippen molar-refractivity contribution in [2.45, 2.75) is 32.7 Å². The van der Waals surface area contributed by atoms with E-state index in [9.17, 15) is 0 Å². The number of rotatable bonds is 2. The normalized spacial score (nSPS) is 24.2. The van der Waals surface area contributed by atoms with Crippen molar-refractivity contribution in [2.24, 2.45) is 0 Å². The summed E-state index contributed by atoms with van der Waals surface area (Å²) in [7, 11) is 0. The molecule has 0 aromatic rings. The van der Waals surface area contributed by atoms with E-state index in [1.165, 1.54) is 25.9 Å². The smallest absolute Gasteiger partial charge is 0.0249 e. The van der Waals surface area contributed by atoms with Crippen LogP contribution in [0.2, 0.25) is 0 Å². The van der Waals surface area contributed by atoms with Gasteiger partial charge in [-0.15, -0.1) is 0 Å². The van der Waals surface area contributed by atoms with Crippen molar-refractivity contribution in [2.75, 3.05) is 13.1 Å². The Hall–Kier alpha value is -0.300. The molecule has 1 heteroatoms. The summed E-state index contributed by atoms with van der Waals surface area (Å²) in [6.07, 6.45) is 7.19. The van der Waals surface area contributed by atoms with Gasteiger partial charge in [0.15, 0.2) is 0 Å². The highest BCUT2D eigenvalue weighted by Gasteiger charge is 2.14. The zero-order valence-corrected chi connectivity index (χ0v) is 7.01. The van der Waals surface area contributed by atoms with E-state index in [4.69, 9.17) is 0 Å². The van der Waals surface area contributed by atoms with Crippen LogP contribution in [-0.2, 0) is 0 Å². The summed E-state index contributed by atoms with van der Waals surface area (Å²) in [5.74, 6) is 0. The highest BCUT2D eigenvalue weighted by molar-refractivity contribution is 4.90. The maximum atomic E-state index is 2.53. The van der Waals surface area contributed by atoms with Crippen molar-refractivity contribution in [1.82, 2.24) is 4.90 Å². The quantitative estimate of drug-likeness (QED) is 0.529. The average Bonchev–Trinajstić information content (AvgIpc) is 2.38. The molecule has 0 aromatic heterocycles. The van der Waals surface area contributed by atoms with Crippen LogP contribution in [0.5, 0.6) is 0 Å². The molecule has 58 valence electrons. The van der Waals surface area contributed by atoms with E-state index in [2.05, 4.69) is 30.9 Å². The molecule has 0 radical (unpaired) electrons. The molecule has 0 aromatic carbocycles. The van der Waals surface area contributed by atoms with Gasteiger partial charge in [-0.3, -0.25) is 4.90 Å². The summed E-state index contributed by atoms with van der Waals surface area (Å²) in [5.41, 5.74) is 0. The van der Waals surface area contributed by atoms with Crippen LogP contribution in [0.15, 0.2) is 12.2 Å². The first-order valence-corrected chi connectivity index (χ1v) is 4.21. The molecule has 1 heterocycles. The van der Waals surface area contributed by atoms with Gasteiger partial charge in [0, 0.05) is 6.04 Å². The maximum Gasteiger partial charge on any atom is 0.0249 e. The number of hydrogen-bond donors (Lipinski definition) is 0. The second-order valence-electron chi connectivity index (χ2n) is 3.01. The molecule has 1 unspecified atom stereocenters. The Balaban J connectivity index is 2.32. The van der Waals surface area contributed by atoms with Crippen molar-refractivity contribution < 1.29 is 0 Å². The lowest BCUT2D eigenvalue weighted by atomic mass is 10.3. The van der Waals surface area contributed by atoms with E-state index in [1.54, 1.807) is 0 Å². The van der Waals surface area contributed by atoms with Gasteiger partial charge in [-0.25, -0.2) is 0 Å². The minimum atomic E-state index is 0.660. The van der Waals surface area contributed by atoms with E-state index in [0.29, 0.717) is 6.04 Å². The van der Waals surface area contributed by atoms with Crippen LogP contribution in [0.4, 0.5) is 0 Å². The van der Waals surface area contributed by atoms with Crippen molar-refractivity contribution in [3.05, 3.63) is 12.2 Å². The van der Waals surface area contributed by atoms with Gasteiger partial charge in [0.1, 0.15) is 0 Å². The molecule has 1 rings (SSSR count). The molecule has 1 aliphatic heterocycles. The Morgan fingerprint density at radius 1 is 1.30 bits per heavy atom. The van der Waals surface area contributed by atoms with Gasteiger partial charge in [0.25, 0.3) is 0 Å². The third kappa shape index (κ3) is 1.84. The summed E-state index contributed by atoms with van der Waals surface area (Å²) >= 11 is 0. The molecule has 0 amide bonds. The standard InChI is InChI=1S/C9H17N/c1-3-6-9(2)10-7-4-5-8-10/h3,6,9H,4-5,7-8H2,1-2H3/b6-3-. The van der Waals surface area contributed by atoms with Crippen LogP contribution in [0.25, 0.3) is 0 Å². The number of nitrogens with zero attached hydrogens (tertiary/aromatic N) is 1. The van der Waals surface area contributed by atoms with Gasteiger partial charge < -0.3 is 0 Å². The summed E-state index contributed by atoms with van der Waals surface area (Å²) in [6, 6.07) is 0.660. The Morgan fingerprint density at radius 2 is 1.90 bits per heavy atom. The fourth-order valence-electron chi connectivity index (χ4n) is 1.55. The third-order valence-electron chi connectivity index (χ3n) is 2.19. The number of hydrogen-bond acceptors (Lipinski definition) is 1. The fourth-order valence-corrected chi connectivity index (χ4v) is 1.55. The van der Waals surface area contributed by atoms with E-state index < -0.39 is 0 Å². The van der Waals surface area contributed by atoms with E-state index in [1.807, 2.05) is 0 Å². The molecule has 1 aliphatic rings. The Kier molecular flexibility index (Phi) is 2.94. The summed E-state index contributed by atoms with van der Waals surface area (Å²) in [5, 5.41) is 0. The van der Waals surface area contributed by atoms with Crippen molar-refractivity contribution >= 4 is 0 Å². The first-order valence-electron chi connectivity index (χ1n) is 4.21. The van der Waals surface area contributed by atoms with Crippen LogP contribution in [0, 0.1) is 0 Å². The molecule has 1 fully saturated rings. The van der Waals surface area contributed by atoms with E-state index in [-0.39, 0.29) is 0 Å². The van der Waals surface area contributed by atoms with E-state index in [0.717, 1.165) is 0 Å². The Morgan fingerprint density at radius 3 is 2.40 bits per heavy atom. The van der Waals surface area contributed by atoms with Crippen molar-refractivity contribution in [3.63, 3.8) is 0 Å². The van der Waals surface area contributed by atoms with Crippen molar-refractivity contribution in [3.8, 4) is 0 Å². The predicted octanol–water partition coefficient (Wildman–Crippen LogP) is 2.05. The topological polar surface area (TPSA) is 3.24 Å². The SMILES string of the molecule is C/C=C\C(C)N1CCCC1. The maximum absolute atomic E-state index is 2.53. The molecule has 0 spiro atoms. The molecule has 0 saturated carbocycles. The van der Waals surface area contributed by atoms with Gasteiger partial charge in [-0.05, 0) is 39.8 Å². The van der Waals surface area contributed by atoms with Crippen LogP contribution in [0.3, 0.4) is 0 Å². The average molecular weight is 139 g/mol. The van der Waals surface area contributed by atoms with Gasteiger partial charge in [-0.1, -0.05) is 12.2 Å². The second-order valence-corrected chi connectivity index (χ2v) is 3.01. The first kappa shape index (κ1) is 7.80. The molecule has 1 nitrogen and oxygen atoms in total. The summed E-state index contributed by atoms with van der Waals surface area (Å²) in [6.45, 7) is 6.95. The minimum Gasteiger partial charge on any atom is -0.297 e. The Bertz CT molecular complexity index is 112. The lowest BCUT2D eigenvalue weighted by molar-refractivity contribution is 0.300. The Labute approximate surface area is 63.7 Å². The van der Waals surface area contributed by atoms with Crippen LogP contribution in [-0.4, -0.2) is 24.0 Å². The van der Waals surface area contributed by atoms with Crippen LogP contribution < -0.4 is 0 Å². The molecule has 0 bridgehead atoms. The zero-order chi connectivity index (χ0) is 7.40. The fraction of sp³-hybridized carbons (Fsp3) is 0.778. The van der Waals surface area contributed by atoms with Crippen molar-refractivity contribution in [1.29, 1.82) is 0 Å². The minimum absolute atomic E-state index is 0.660. The molecule has 1 saturated heterocycles. The highest BCUT2D eigenvalue weighted by atomic mass is 15.2. The predicted molar refractivity (Wildman–Crippen MR) is 45.1 cm³/mol. The molecule has 10 heavy (non-hydrogen) atoms. The van der Waals surface area contributed by atoms with Gasteiger partial charge in [0.2, 0.25) is 0 Å². The van der Waals surface area contributed by atoms with Crippen LogP contribution >= 0.6 is 0 Å². The van der Waals surface area contributed by atoms with Gasteiger partial charge in [-0.2, -0.15) is 0 Å². The highest BCUT2D eigenvalue weighted by Crippen LogP contribution is 2.11.